The lowest BCUT2D eigenvalue weighted by molar-refractivity contribution is 0.669. The normalized spacial score (nSPS) is 16.8. The van der Waals surface area contributed by atoms with Crippen molar-refractivity contribution in [3.05, 3.63) is 182 Å². The van der Waals surface area contributed by atoms with Crippen molar-refractivity contribution in [1.82, 2.24) is 0 Å². The first-order valence-corrected chi connectivity index (χ1v) is 15.4. The van der Waals surface area contributed by atoms with Gasteiger partial charge in [-0.1, -0.05) is 157 Å². The van der Waals surface area contributed by atoms with Gasteiger partial charge in [0.05, 0.1) is 24.7 Å². The molecule has 0 unspecified atom stereocenters. The lowest BCUT2D eigenvalue weighted by atomic mass is 9.84. The Morgan fingerprint density at radius 1 is 0.388 bits per heavy atom. The molecule has 1 heteroatoms. The lowest BCUT2D eigenvalue weighted by Gasteiger charge is -2.19. The van der Waals surface area contributed by atoms with Gasteiger partial charge in [0.1, 0.15) is 11.2 Å². The molecule has 0 radical (unpaired) electrons. The van der Waals surface area contributed by atoms with Crippen LogP contribution in [0.2, 0.25) is 0 Å². The third kappa shape index (κ3) is 4.40. The Bertz CT molecular complexity index is 3820. The molecule has 0 spiro atoms. The number of fused-ring (bicyclic) bond motifs is 6. The molecule has 0 aliphatic heterocycles. The quantitative estimate of drug-likeness (QED) is 0.174. The van der Waals surface area contributed by atoms with Crippen LogP contribution in [0, 0.1) is 0 Å². The summed E-state index contributed by atoms with van der Waals surface area (Å²) in [5, 5.41) is 1.91. The van der Waals surface area contributed by atoms with Crippen molar-refractivity contribution in [2.75, 3.05) is 0 Å². The van der Waals surface area contributed by atoms with E-state index >= 15 is 0 Å². The molecule has 9 aromatic carbocycles. The fourth-order valence-corrected chi connectivity index (χ4v) is 6.70. The zero-order valence-electron chi connectivity index (χ0n) is 43.3. The van der Waals surface area contributed by atoms with Gasteiger partial charge in [0.2, 0.25) is 0 Å². The SMILES string of the molecule is [2H]c1c([2H])c([2H])c(-c2c([2H])c([2H])c3c(oc4c([2H])c([2H])c([2H])c(-c5c6ccccc6c(-c6cccc(-c7c([2H])c([2H])c([2H])c8c([2H])c([2H])c([2H])c([2H])c78)c6)c6ccccc56)c43)c2[2H])c([2H])c1[2H]. The summed E-state index contributed by atoms with van der Waals surface area (Å²) >= 11 is 0. The Labute approximate surface area is 309 Å². The molecule has 0 aliphatic carbocycles. The standard InChI is InChI=1S/C48H30O/c1-2-13-31(14-3-1)33-27-28-42-45(30-33)49-44-26-12-25-43(48(42)44)47-40-22-8-6-20-38(40)46(39-21-7-9-23-41(39)47)35-18-10-17-34(29-35)37-24-11-16-32-15-4-5-19-36(32)37/h1-30H/i1D,2D,3D,4D,5D,11D,12D,13D,14D,15D,16D,19D,24D,25D,26D,27D,28D,30D. The molecule has 0 bridgehead atoms. The summed E-state index contributed by atoms with van der Waals surface area (Å²) in [4.78, 5) is 0. The lowest BCUT2D eigenvalue weighted by Crippen LogP contribution is -1.91. The second kappa shape index (κ2) is 11.1. The van der Waals surface area contributed by atoms with E-state index in [9.17, 15) is 5.48 Å². The topological polar surface area (TPSA) is 13.1 Å². The molecule has 0 saturated heterocycles. The van der Waals surface area contributed by atoms with Gasteiger partial charge in [-0.2, -0.15) is 0 Å². The number of furan rings is 1. The van der Waals surface area contributed by atoms with Gasteiger partial charge in [-0.3, -0.25) is 0 Å². The van der Waals surface area contributed by atoms with Crippen LogP contribution in [0.4, 0.5) is 0 Å². The largest absolute Gasteiger partial charge is 0.456 e. The zero-order chi connectivity index (χ0) is 48.0. The van der Waals surface area contributed by atoms with Gasteiger partial charge in [-0.25, -0.2) is 0 Å². The fourth-order valence-electron chi connectivity index (χ4n) is 6.70. The van der Waals surface area contributed by atoms with E-state index in [1.54, 1.807) is 54.6 Å². The number of hydrogen-bond donors (Lipinski definition) is 0. The fraction of sp³-hybridized carbons (Fsp3) is 0. The molecular weight excluding hydrogens is 593 g/mol. The van der Waals surface area contributed by atoms with Crippen molar-refractivity contribution >= 4 is 54.3 Å². The molecule has 49 heavy (non-hydrogen) atoms. The average molecular weight is 641 g/mol. The minimum atomic E-state index is -0.705. The van der Waals surface area contributed by atoms with Crippen LogP contribution >= 0.6 is 0 Å². The van der Waals surface area contributed by atoms with Gasteiger partial charge in [0, 0.05) is 10.8 Å². The van der Waals surface area contributed by atoms with Crippen molar-refractivity contribution in [1.29, 1.82) is 0 Å². The highest BCUT2D eigenvalue weighted by Gasteiger charge is 2.20. The molecule has 0 N–H and O–H groups in total. The number of benzene rings is 9. The van der Waals surface area contributed by atoms with Crippen LogP contribution < -0.4 is 0 Å². The van der Waals surface area contributed by atoms with E-state index in [-0.39, 0.29) is 43.8 Å². The summed E-state index contributed by atoms with van der Waals surface area (Å²) < 4.78 is 164. The van der Waals surface area contributed by atoms with Gasteiger partial charge < -0.3 is 4.42 Å². The average Bonchev–Trinajstić information content (AvgIpc) is 3.73. The van der Waals surface area contributed by atoms with E-state index in [1.807, 2.05) is 18.2 Å². The molecule has 1 nitrogen and oxygen atoms in total. The van der Waals surface area contributed by atoms with E-state index in [1.165, 1.54) is 0 Å². The maximum absolute atomic E-state index is 9.51. The Morgan fingerprint density at radius 2 is 1.04 bits per heavy atom. The van der Waals surface area contributed by atoms with E-state index in [0.29, 0.717) is 43.8 Å². The summed E-state index contributed by atoms with van der Waals surface area (Å²) in [6, 6.07) is 11.1. The molecule has 1 aromatic heterocycles. The molecule has 10 aromatic rings. The molecule has 1 heterocycles. The summed E-state index contributed by atoms with van der Waals surface area (Å²) in [5.41, 5.74) is 0.542. The summed E-state index contributed by atoms with van der Waals surface area (Å²) in [7, 11) is 0. The molecule has 0 aliphatic rings. The van der Waals surface area contributed by atoms with Crippen LogP contribution in [0.3, 0.4) is 0 Å². The van der Waals surface area contributed by atoms with Crippen molar-refractivity contribution in [2.24, 2.45) is 0 Å². The predicted molar refractivity (Wildman–Crippen MR) is 208 cm³/mol. The first-order valence-electron chi connectivity index (χ1n) is 24.4. The van der Waals surface area contributed by atoms with E-state index in [2.05, 4.69) is 0 Å². The molecule has 10 rings (SSSR count). The molecule has 0 amide bonds. The summed E-state index contributed by atoms with van der Waals surface area (Å²) in [5.74, 6) is 0. The summed E-state index contributed by atoms with van der Waals surface area (Å²) in [6.07, 6.45) is 0. The van der Waals surface area contributed by atoms with Crippen LogP contribution in [0.1, 0.15) is 24.7 Å². The predicted octanol–water partition coefficient (Wildman–Crippen LogP) is 13.7. The van der Waals surface area contributed by atoms with Gasteiger partial charge in [-0.05, 0) is 101 Å². The molecule has 0 saturated carbocycles. The zero-order valence-corrected chi connectivity index (χ0v) is 25.3. The molecular formula is C48H30O. The van der Waals surface area contributed by atoms with Gasteiger partial charge >= 0.3 is 0 Å². The highest BCUT2D eigenvalue weighted by Crippen LogP contribution is 2.47. The minimum absolute atomic E-state index is 0.00545. The minimum Gasteiger partial charge on any atom is -0.456 e. The van der Waals surface area contributed by atoms with Crippen molar-refractivity contribution < 1.29 is 29.1 Å². The first kappa shape index (κ1) is 15.2. The highest BCUT2D eigenvalue weighted by molar-refractivity contribution is 6.25. The number of rotatable bonds is 4. The second-order valence-corrected chi connectivity index (χ2v) is 11.4. The third-order valence-electron chi connectivity index (χ3n) is 8.76. The van der Waals surface area contributed by atoms with Gasteiger partial charge in [-0.15, -0.1) is 0 Å². The smallest absolute Gasteiger partial charge is 0.136 e. The Morgan fingerprint density at radius 3 is 1.84 bits per heavy atom. The van der Waals surface area contributed by atoms with Crippen molar-refractivity contribution in [3.63, 3.8) is 0 Å². The van der Waals surface area contributed by atoms with Crippen LogP contribution in [-0.2, 0) is 0 Å². The molecule has 0 atom stereocenters. The third-order valence-corrected chi connectivity index (χ3v) is 8.76. The second-order valence-electron chi connectivity index (χ2n) is 11.4. The van der Waals surface area contributed by atoms with Crippen molar-refractivity contribution in [3.8, 4) is 44.5 Å². The van der Waals surface area contributed by atoms with Crippen molar-refractivity contribution in [2.45, 2.75) is 0 Å². The van der Waals surface area contributed by atoms with Crippen LogP contribution in [0.15, 0.2) is 186 Å². The number of hydrogen-bond acceptors (Lipinski definition) is 1. The Kier molecular flexibility index (Phi) is 3.43. The van der Waals surface area contributed by atoms with Crippen LogP contribution in [-0.4, -0.2) is 0 Å². The molecule has 0 fully saturated rings. The molecule has 228 valence electrons. The summed E-state index contributed by atoms with van der Waals surface area (Å²) in [6.45, 7) is 0. The maximum Gasteiger partial charge on any atom is 0.136 e. The van der Waals surface area contributed by atoms with Crippen LogP contribution in [0.25, 0.3) is 98.8 Å². The Hall–Kier alpha value is -6.44. The van der Waals surface area contributed by atoms with E-state index in [4.69, 9.17) is 23.6 Å². The van der Waals surface area contributed by atoms with E-state index in [0.717, 1.165) is 0 Å². The van der Waals surface area contributed by atoms with E-state index < -0.39 is 120 Å². The van der Waals surface area contributed by atoms with Crippen LogP contribution in [0.5, 0.6) is 0 Å². The van der Waals surface area contributed by atoms with Gasteiger partial charge in [0.25, 0.3) is 0 Å². The maximum atomic E-state index is 9.51. The van der Waals surface area contributed by atoms with Gasteiger partial charge in [0.15, 0.2) is 0 Å². The highest BCUT2D eigenvalue weighted by atomic mass is 16.3. The first-order chi connectivity index (χ1) is 31.8. The monoisotopic (exact) mass is 640 g/mol. The Balaban J connectivity index is 1.31.